The van der Waals surface area contributed by atoms with Gasteiger partial charge in [0.2, 0.25) is 0 Å². The molecule has 0 bridgehead atoms. The molecule has 0 aromatic heterocycles. The van der Waals surface area contributed by atoms with E-state index in [2.05, 4.69) is 45.0 Å². The Morgan fingerprint density at radius 1 is 0.933 bits per heavy atom. The molecule has 0 aliphatic rings. The van der Waals surface area contributed by atoms with Gasteiger partial charge in [0.05, 0.1) is 0 Å². The molecule has 2 rings (SSSR count). The predicted molar refractivity (Wildman–Crippen MR) is 67.7 cm³/mol. The average Bonchev–Trinajstić information content (AvgIpc) is 2.16. The Balaban J connectivity index is 2.86. The van der Waals surface area contributed by atoms with Crippen molar-refractivity contribution in [2.24, 2.45) is 0 Å². The molecular formula is C14H15Cl. The van der Waals surface area contributed by atoms with Crippen molar-refractivity contribution in [1.82, 2.24) is 0 Å². The van der Waals surface area contributed by atoms with Crippen LogP contribution in [0.4, 0.5) is 0 Å². The third kappa shape index (κ3) is 1.87. The summed E-state index contributed by atoms with van der Waals surface area (Å²) in [4.78, 5) is 0. The van der Waals surface area contributed by atoms with Gasteiger partial charge in [-0.2, -0.15) is 0 Å². The van der Waals surface area contributed by atoms with Crippen LogP contribution >= 0.6 is 11.6 Å². The number of fused-ring (bicyclic) bond motifs is 1. The molecule has 0 nitrogen and oxygen atoms in total. The smallest absolute Gasteiger partial charge is 0.0487 e. The third-order valence-corrected chi connectivity index (χ3v) is 2.98. The quantitative estimate of drug-likeness (QED) is 0.597. The maximum Gasteiger partial charge on any atom is 0.0487 e. The van der Waals surface area contributed by atoms with Crippen LogP contribution in [0.1, 0.15) is 26.3 Å². The van der Waals surface area contributed by atoms with Gasteiger partial charge in [-0.3, -0.25) is 0 Å². The van der Waals surface area contributed by atoms with Crippen LogP contribution in [-0.2, 0) is 5.41 Å². The standard InChI is InChI=1S/C14H15Cl/c1-14(2,3)11-8-4-6-10-7-5-9-12(15)13(10)11/h4-9H,1-3H3. The molecule has 78 valence electrons. The van der Waals surface area contributed by atoms with E-state index in [1.54, 1.807) is 0 Å². The summed E-state index contributed by atoms with van der Waals surface area (Å²) >= 11 is 6.27. The first kappa shape index (κ1) is 10.5. The van der Waals surface area contributed by atoms with Crippen molar-refractivity contribution in [2.75, 3.05) is 0 Å². The van der Waals surface area contributed by atoms with Crippen molar-refractivity contribution in [3.63, 3.8) is 0 Å². The number of benzene rings is 2. The number of halogens is 1. The predicted octanol–water partition coefficient (Wildman–Crippen LogP) is 4.79. The summed E-state index contributed by atoms with van der Waals surface area (Å²) in [6, 6.07) is 12.4. The van der Waals surface area contributed by atoms with E-state index in [1.807, 2.05) is 12.1 Å². The Morgan fingerprint density at radius 3 is 2.13 bits per heavy atom. The molecular weight excluding hydrogens is 204 g/mol. The molecule has 1 heteroatoms. The molecule has 0 spiro atoms. The topological polar surface area (TPSA) is 0 Å². The Kier molecular flexibility index (Phi) is 2.47. The summed E-state index contributed by atoms with van der Waals surface area (Å²) in [6.45, 7) is 6.64. The summed E-state index contributed by atoms with van der Waals surface area (Å²) in [5.41, 5.74) is 1.44. The van der Waals surface area contributed by atoms with E-state index in [4.69, 9.17) is 11.6 Å². The molecule has 0 radical (unpaired) electrons. The van der Waals surface area contributed by atoms with E-state index in [9.17, 15) is 0 Å². The minimum atomic E-state index is 0.129. The molecule has 2 aromatic carbocycles. The second kappa shape index (κ2) is 3.53. The van der Waals surface area contributed by atoms with Crippen molar-refractivity contribution >= 4 is 22.4 Å². The Labute approximate surface area is 95.9 Å². The maximum absolute atomic E-state index is 6.27. The number of hydrogen-bond acceptors (Lipinski definition) is 0. The van der Waals surface area contributed by atoms with Crippen LogP contribution in [0.15, 0.2) is 36.4 Å². The molecule has 0 saturated carbocycles. The monoisotopic (exact) mass is 218 g/mol. The highest BCUT2D eigenvalue weighted by Gasteiger charge is 2.17. The van der Waals surface area contributed by atoms with Crippen molar-refractivity contribution in [2.45, 2.75) is 26.2 Å². The van der Waals surface area contributed by atoms with Crippen molar-refractivity contribution < 1.29 is 0 Å². The second-order valence-corrected chi connectivity index (χ2v) is 5.30. The van der Waals surface area contributed by atoms with Gasteiger partial charge >= 0.3 is 0 Å². The summed E-state index contributed by atoms with van der Waals surface area (Å²) < 4.78 is 0. The zero-order valence-corrected chi connectivity index (χ0v) is 10.1. The van der Waals surface area contributed by atoms with E-state index in [-0.39, 0.29) is 5.41 Å². The van der Waals surface area contributed by atoms with Crippen LogP contribution < -0.4 is 0 Å². The normalized spacial score (nSPS) is 12.0. The van der Waals surface area contributed by atoms with Gasteiger partial charge in [0.25, 0.3) is 0 Å². The first-order valence-corrected chi connectivity index (χ1v) is 5.55. The largest absolute Gasteiger partial charge is 0.0837 e. The van der Waals surface area contributed by atoms with E-state index < -0.39 is 0 Å². The summed E-state index contributed by atoms with van der Waals surface area (Å²) in [7, 11) is 0. The molecule has 0 amide bonds. The van der Waals surface area contributed by atoms with Crippen LogP contribution in [0.5, 0.6) is 0 Å². The molecule has 0 fully saturated rings. The van der Waals surface area contributed by atoms with Crippen molar-refractivity contribution in [1.29, 1.82) is 0 Å². The van der Waals surface area contributed by atoms with Crippen LogP contribution in [0.3, 0.4) is 0 Å². The van der Waals surface area contributed by atoms with Gasteiger partial charge < -0.3 is 0 Å². The lowest BCUT2D eigenvalue weighted by Gasteiger charge is -2.21. The van der Waals surface area contributed by atoms with Gasteiger partial charge in [-0.05, 0) is 22.4 Å². The zero-order chi connectivity index (χ0) is 11.1. The number of rotatable bonds is 0. The fraction of sp³-hybridized carbons (Fsp3) is 0.286. The lowest BCUT2D eigenvalue weighted by atomic mass is 9.84. The molecule has 15 heavy (non-hydrogen) atoms. The van der Waals surface area contributed by atoms with Crippen LogP contribution in [0.2, 0.25) is 5.02 Å². The first-order chi connectivity index (χ1) is 7.00. The zero-order valence-electron chi connectivity index (χ0n) is 9.34. The van der Waals surface area contributed by atoms with Gasteiger partial charge in [0.15, 0.2) is 0 Å². The van der Waals surface area contributed by atoms with Gasteiger partial charge in [0, 0.05) is 10.4 Å². The van der Waals surface area contributed by atoms with Gasteiger partial charge in [0.1, 0.15) is 0 Å². The van der Waals surface area contributed by atoms with Gasteiger partial charge in [-0.25, -0.2) is 0 Å². The van der Waals surface area contributed by atoms with Crippen LogP contribution in [-0.4, -0.2) is 0 Å². The fourth-order valence-corrected chi connectivity index (χ4v) is 2.20. The molecule has 0 saturated heterocycles. The van der Waals surface area contributed by atoms with Gasteiger partial charge in [-0.15, -0.1) is 0 Å². The molecule has 0 aliphatic heterocycles. The lowest BCUT2D eigenvalue weighted by molar-refractivity contribution is 0.596. The minimum Gasteiger partial charge on any atom is -0.0837 e. The molecule has 0 heterocycles. The van der Waals surface area contributed by atoms with Crippen molar-refractivity contribution in [3.8, 4) is 0 Å². The summed E-state index contributed by atoms with van der Waals surface area (Å²) in [6.07, 6.45) is 0. The fourth-order valence-electron chi connectivity index (χ4n) is 1.92. The molecule has 0 atom stereocenters. The first-order valence-electron chi connectivity index (χ1n) is 5.18. The molecule has 0 N–H and O–H groups in total. The molecule has 2 aromatic rings. The highest BCUT2D eigenvalue weighted by Crippen LogP contribution is 2.34. The van der Waals surface area contributed by atoms with Crippen molar-refractivity contribution in [3.05, 3.63) is 47.0 Å². The average molecular weight is 219 g/mol. The van der Waals surface area contributed by atoms with E-state index in [0.717, 1.165) is 5.02 Å². The number of hydrogen-bond donors (Lipinski definition) is 0. The van der Waals surface area contributed by atoms with Crippen LogP contribution in [0.25, 0.3) is 10.8 Å². The van der Waals surface area contributed by atoms with E-state index in [0.29, 0.717) is 0 Å². The van der Waals surface area contributed by atoms with E-state index in [1.165, 1.54) is 16.3 Å². The summed E-state index contributed by atoms with van der Waals surface area (Å²) in [5.74, 6) is 0. The lowest BCUT2D eigenvalue weighted by Crippen LogP contribution is -2.11. The van der Waals surface area contributed by atoms with E-state index >= 15 is 0 Å². The highest BCUT2D eigenvalue weighted by molar-refractivity contribution is 6.35. The summed E-state index contributed by atoms with van der Waals surface area (Å²) in [5, 5.41) is 3.25. The Morgan fingerprint density at radius 2 is 1.53 bits per heavy atom. The maximum atomic E-state index is 6.27. The minimum absolute atomic E-state index is 0.129. The van der Waals surface area contributed by atoms with Gasteiger partial charge in [-0.1, -0.05) is 62.7 Å². The Bertz CT molecular complexity index is 487. The Hall–Kier alpha value is -1.01. The SMILES string of the molecule is CC(C)(C)c1cccc2cccc(Cl)c12. The molecule has 0 aliphatic carbocycles. The second-order valence-electron chi connectivity index (χ2n) is 4.89. The molecule has 0 unspecified atom stereocenters. The highest BCUT2D eigenvalue weighted by atomic mass is 35.5. The third-order valence-electron chi connectivity index (χ3n) is 2.66. The van der Waals surface area contributed by atoms with Crippen LogP contribution in [0, 0.1) is 0 Å².